The van der Waals surface area contributed by atoms with E-state index in [-0.39, 0.29) is 41.7 Å². The molecule has 4 N–H and O–H groups in total. The maximum absolute atomic E-state index is 15.2. The van der Waals surface area contributed by atoms with E-state index < -0.39 is 51.3 Å². The molecule has 6 unspecified atom stereocenters. The summed E-state index contributed by atoms with van der Waals surface area (Å²) < 4.78 is 0. The number of ketones is 2. The van der Waals surface area contributed by atoms with Gasteiger partial charge in [0.1, 0.15) is 0 Å². The molecule has 8 heteroatoms. The number of hydrogen-bond acceptors (Lipinski definition) is 6. The number of nitrogens with one attached hydrogen (secondary N) is 2. The zero-order chi connectivity index (χ0) is 43.4. The molecule has 318 valence electrons. The van der Waals surface area contributed by atoms with Crippen LogP contribution in [0.2, 0.25) is 0 Å². The SMILES string of the molecule is C=CC(=O)C(C)c1ccccc1C1C(C(CCCCCCCC(=O)O)(C(=O)O)C2CC(C)(C)NC(C)(C)C2c2ccccc2C(C)C(=O)C=C)CC(C)(C)NC1(C)C. The largest absolute Gasteiger partial charge is 0.481 e. The van der Waals surface area contributed by atoms with Crippen molar-refractivity contribution in [2.24, 2.45) is 17.3 Å². The smallest absolute Gasteiger partial charge is 0.310 e. The van der Waals surface area contributed by atoms with Crippen LogP contribution in [0.15, 0.2) is 73.8 Å². The van der Waals surface area contributed by atoms with E-state index in [4.69, 9.17) is 0 Å². The van der Waals surface area contributed by atoms with Gasteiger partial charge in [-0.25, -0.2) is 0 Å². The maximum atomic E-state index is 15.2. The third kappa shape index (κ3) is 9.93. The second-order valence-electron chi connectivity index (χ2n) is 20.0. The molecule has 0 bridgehead atoms. The molecule has 2 aromatic rings. The Balaban J connectivity index is 2.10. The Bertz CT molecular complexity index is 1730. The molecule has 0 saturated carbocycles. The first kappa shape index (κ1) is 46.8. The van der Waals surface area contributed by atoms with Crippen molar-refractivity contribution in [3.8, 4) is 0 Å². The van der Waals surface area contributed by atoms with Crippen molar-refractivity contribution in [3.63, 3.8) is 0 Å². The molecule has 0 aromatic heterocycles. The number of hydrogen-bond donors (Lipinski definition) is 4. The Hall–Kier alpha value is -3.88. The van der Waals surface area contributed by atoms with Crippen molar-refractivity contribution in [2.45, 2.75) is 173 Å². The minimum absolute atomic E-state index is 0.0833. The Morgan fingerprint density at radius 1 is 0.672 bits per heavy atom. The minimum atomic E-state index is -1.28. The first-order valence-electron chi connectivity index (χ1n) is 21.5. The molecule has 6 atom stereocenters. The minimum Gasteiger partial charge on any atom is -0.481 e. The molecular formula is C50H72N2O6. The van der Waals surface area contributed by atoms with Crippen molar-refractivity contribution in [3.05, 3.63) is 96.1 Å². The van der Waals surface area contributed by atoms with Crippen LogP contribution >= 0.6 is 0 Å². The van der Waals surface area contributed by atoms with Gasteiger partial charge in [0.2, 0.25) is 0 Å². The predicted octanol–water partition coefficient (Wildman–Crippen LogP) is 10.5. The van der Waals surface area contributed by atoms with Crippen molar-refractivity contribution < 1.29 is 29.4 Å². The number of unbranched alkanes of at least 4 members (excludes halogenated alkanes) is 4. The highest BCUT2D eigenvalue weighted by Gasteiger charge is 2.64. The highest BCUT2D eigenvalue weighted by atomic mass is 16.4. The van der Waals surface area contributed by atoms with Crippen LogP contribution in [-0.2, 0) is 19.2 Å². The van der Waals surface area contributed by atoms with E-state index in [2.05, 4.69) is 91.3 Å². The van der Waals surface area contributed by atoms with Crippen LogP contribution in [-0.4, -0.2) is 55.9 Å². The Morgan fingerprint density at radius 3 is 1.43 bits per heavy atom. The molecule has 2 fully saturated rings. The molecule has 2 aliphatic rings. The number of carbonyl (C=O) groups excluding carboxylic acids is 2. The third-order valence-corrected chi connectivity index (χ3v) is 13.7. The summed E-state index contributed by atoms with van der Waals surface area (Å²) in [4.78, 5) is 53.1. The Morgan fingerprint density at radius 2 is 1.05 bits per heavy atom. The number of allylic oxidation sites excluding steroid dienone is 2. The van der Waals surface area contributed by atoms with Crippen molar-refractivity contribution >= 4 is 23.5 Å². The second-order valence-corrected chi connectivity index (χ2v) is 20.0. The topological polar surface area (TPSA) is 133 Å². The number of aliphatic carboxylic acids is 2. The average Bonchev–Trinajstić information content (AvgIpc) is 3.12. The summed E-state index contributed by atoms with van der Waals surface area (Å²) >= 11 is 0. The summed E-state index contributed by atoms with van der Waals surface area (Å²) in [7, 11) is 0. The van der Waals surface area contributed by atoms with E-state index >= 15 is 4.79 Å². The number of carboxylic acids is 2. The van der Waals surface area contributed by atoms with Crippen LogP contribution in [0.5, 0.6) is 0 Å². The lowest BCUT2D eigenvalue weighted by Crippen LogP contribution is -2.69. The lowest BCUT2D eigenvalue weighted by molar-refractivity contribution is -0.170. The summed E-state index contributed by atoms with van der Waals surface area (Å²) in [5, 5.41) is 29.6. The molecule has 4 rings (SSSR count). The van der Waals surface area contributed by atoms with Gasteiger partial charge in [0.15, 0.2) is 11.6 Å². The highest BCUT2D eigenvalue weighted by molar-refractivity contribution is 5.95. The van der Waals surface area contributed by atoms with Gasteiger partial charge in [-0.05, 0) is 127 Å². The van der Waals surface area contributed by atoms with Crippen molar-refractivity contribution in [1.82, 2.24) is 10.6 Å². The first-order valence-corrected chi connectivity index (χ1v) is 21.5. The second kappa shape index (κ2) is 18.2. The quantitative estimate of drug-likeness (QED) is 0.0816. The van der Waals surface area contributed by atoms with E-state index in [1.165, 1.54) is 12.2 Å². The van der Waals surface area contributed by atoms with E-state index in [1.807, 2.05) is 50.2 Å². The number of rotatable bonds is 19. The summed E-state index contributed by atoms with van der Waals surface area (Å²) in [6.07, 6.45) is 8.08. The van der Waals surface area contributed by atoms with Gasteiger partial charge >= 0.3 is 11.9 Å². The predicted molar refractivity (Wildman–Crippen MR) is 234 cm³/mol. The van der Waals surface area contributed by atoms with Gasteiger partial charge in [-0.15, -0.1) is 0 Å². The fourth-order valence-electron chi connectivity index (χ4n) is 11.8. The number of carbonyl (C=O) groups is 4. The molecular weight excluding hydrogens is 725 g/mol. The maximum Gasteiger partial charge on any atom is 0.310 e. The molecule has 0 spiro atoms. The van der Waals surface area contributed by atoms with Gasteiger partial charge in [0.05, 0.1) is 5.41 Å². The molecule has 0 aliphatic carbocycles. The summed E-state index contributed by atoms with van der Waals surface area (Å²) in [6.45, 7) is 28.9. The average molecular weight is 797 g/mol. The van der Waals surface area contributed by atoms with E-state index in [1.54, 1.807) is 0 Å². The molecule has 2 heterocycles. The molecule has 58 heavy (non-hydrogen) atoms. The molecule has 0 radical (unpaired) electrons. The molecule has 2 aliphatic heterocycles. The Kier molecular flexibility index (Phi) is 14.7. The molecule has 2 aromatic carbocycles. The first-order chi connectivity index (χ1) is 27.0. The van der Waals surface area contributed by atoms with Crippen LogP contribution < -0.4 is 10.6 Å². The Labute approximate surface area is 348 Å². The lowest BCUT2D eigenvalue weighted by atomic mass is 9.46. The van der Waals surface area contributed by atoms with Crippen LogP contribution in [0.4, 0.5) is 0 Å². The fourth-order valence-corrected chi connectivity index (χ4v) is 11.8. The van der Waals surface area contributed by atoms with Crippen LogP contribution in [0.3, 0.4) is 0 Å². The summed E-state index contributed by atoms with van der Waals surface area (Å²) in [6, 6.07) is 16.2. The van der Waals surface area contributed by atoms with E-state index in [0.717, 1.165) is 41.5 Å². The third-order valence-electron chi connectivity index (χ3n) is 13.7. The number of benzene rings is 2. The lowest BCUT2D eigenvalue weighted by Gasteiger charge is -2.63. The van der Waals surface area contributed by atoms with Crippen molar-refractivity contribution in [1.29, 1.82) is 0 Å². The van der Waals surface area contributed by atoms with Crippen LogP contribution in [0.1, 0.15) is 173 Å². The highest BCUT2D eigenvalue weighted by Crippen LogP contribution is 2.63. The van der Waals surface area contributed by atoms with E-state index in [9.17, 15) is 24.6 Å². The molecule has 2 saturated heterocycles. The van der Waals surface area contributed by atoms with Gasteiger partial charge in [-0.3, -0.25) is 19.2 Å². The zero-order valence-corrected chi connectivity index (χ0v) is 37.0. The number of piperidine rings is 2. The van der Waals surface area contributed by atoms with Gasteiger partial charge in [-0.2, -0.15) is 0 Å². The monoisotopic (exact) mass is 797 g/mol. The normalized spacial score (nSPS) is 25.3. The van der Waals surface area contributed by atoms with Gasteiger partial charge < -0.3 is 20.8 Å². The van der Waals surface area contributed by atoms with Crippen LogP contribution in [0, 0.1) is 17.3 Å². The van der Waals surface area contributed by atoms with E-state index in [0.29, 0.717) is 32.1 Å². The number of carboxylic acid groups (broad SMARTS) is 2. The summed E-state index contributed by atoms with van der Waals surface area (Å²) in [5.74, 6) is -4.09. The summed E-state index contributed by atoms with van der Waals surface area (Å²) in [5.41, 5.74) is 0.418. The van der Waals surface area contributed by atoms with Crippen LogP contribution in [0.25, 0.3) is 0 Å². The van der Waals surface area contributed by atoms with Gasteiger partial charge in [0.25, 0.3) is 0 Å². The standard InChI is InChI=1S/C50H72N2O6/c1-13-40(53)32(3)34-24-19-21-26-36(34)43-38(30-46(5,6)51-48(43,9)10)50(45(57)58,29-23-17-15-16-18-28-42(55)56)39-31-47(7,8)52-49(11,12)44(39)37-27-22-20-25-35(37)33(4)41(54)14-2/h13-14,19-22,24-27,32-33,38-39,43-44,51-52H,1-2,15-18,23,28-31H2,3-12H3,(H,55,56)(H,57,58). The zero-order valence-electron chi connectivity index (χ0n) is 37.0. The fraction of sp³-hybridized carbons (Fsp3) is 0.600. The van der Waals surface area contributed by atoms with Gasteiger partial charge in [-0.1, -0.05) is 101 Å². The van der Waals surface area contributed by atoms with Crippen molar-refractivity contribution in [2.75, 3.05) is 0 Å². The van der Waals surface area contributed by atoms with Gasteiger partial charge in [0, 0.05) is 52.2 Å². The molecule has 8 nitrogen and oxygen atoms in total. The molecule has 0 amide bonds.